The summed E-state index contributed by atoms with van der Waals surface area (Å²) in [5.41, 5.74) is 0.110. The van der Waals surface area contributed by atoms with Gasteiger partial charge in [0.1, 0.15) is 5.60 Å². The minimum Gasteiger partial charge on any atom is -0.444 e. The number of rotatable bonds is 4. The van der Waals surface area contributed by atoms with Gasteiger partial charge in [-0.3, -0.25) is 4.79 Å². The topological polar surface area (TPSA) is 67.4 Å². The highest BCUT2D eigenvalue weighted by molar-refractivity contribution is 14.1. The van der Waals surface area contributed by atoms with E-state index < -0.39 is 11.7 Å². The highest BCUT2D eigenvalue weighted by Crippen LogP contribution is 2.10. The monoisotopic (exact) mass is 390 g/mol. The molecule has 0 unspecified atom stereocenters. The molecule has 1 aromatic rings. The van der Waals surface area contributed by atoms with E-state index in [1.807, 2.05) is 18.2 Å². The number of nitrogens with one attached hydrogen (secondary N) is 2. The van der Waals surface area contributed by atoms with Crippen LogP contribution in [0.2, 0.25) is 0 Å². The maximum Gasteiger partial charge on any atom is 0.407 e. The van der Waals surface area contributed by atoms with E-state index in [0.29, 0.717) is 18.7 Å². The van der Waals surface area contributed by atoms with Gasteiger partial charge < -0.3 is 15.4 Å². The number of alkyl carbamates (subject to hydrolysis) is 1. The van der Waals surface area contributed by atoms with Gasteiger partial charge in [-0.2, -0.15) is 0 Å². The summed E-state index contributed by atoms with van der Waals surface area (Å²) in [5, 5.41) is 5.33. The maximum atomic E-state index is 11.9. The van der Waals surface area contributed by atoms with Crippen molar-refractivity contribution in [3.8, 4) is 0 Å². The van der Waals surface area contributed by atoms with Crippen LogP contribution in [0.25, 0.3) is 0 Å². The van der Waals surface area contributed by atoms with Crippen molar-refractivity contribution in [3.05, 3.63) is 33.4 Å². The Morgan fingerprint density at radius 1 is 1.15 bits per heavy atom. The largest absolute Gasteiger partial charge is 0.444 e. The predicted octanol–water partition coefficient (Wildman–Crippen LogP) is 2.55. The van der Waals surface area contributed by atoms with Gasteiger partial charge in [0.25, 0.3) is 5.91 Å². The molecule has 6 heteroatoms. The Kier molecular flexibility index (Phi) is 6.25. The van der Waals surface area contributed by atoms with Crippen LogP contribution < -0.4 is 10.6 Å². The van der Waals surface area contributed by atoms with Crippen LogP contribution in [0.5, 0.6) is 0 Å². The summed E-state index contributed by atoms with van der Waals surface area (Å²) in [4.78, 5) is 23.3. The van der Waals surface area contributed by atoms with E-state index in [4.69, 9.17) is 4.74 Å². The van der Waals surface area contributed by atoms with Crippen molar-refractivity contribution < 1.29 is 14.3 Å². The number of carbonyl (C=O) groups excluding carboxylic acids is 2. The van der Waals surface area contributed by atoms with Crippen LogP contribution in [0.4, 0.5) is 4.79 Å². The Morgan fingerprint density at radius 3 is 2.35 bits per heavy atom. The zero-order valence-corrected chi connectivity index (χ0v) is 14.0. The van der Waals surface area contributed by atoms with Gasteiger partial charge in [0.2, 0.25) is 0 Å². The molecule has 2 amide bonds. The Morgan fingerprint density at radius 2 is 1.75 bits per heavy atom. The van der Waals surface area contributed by atoms with E-state index in [1.54, 1.807) is 26.8 Å². The SMILES string of the molecule is CC(C)(C)OC(=O)NCCNC(=O)c1ccccc1I. The number of ether oxygens (including phenoxy) is 1. The third-order valence-corrected chi connectivity index (χ3v) is 3.14. The van der Waals surface area contributed by atoms with Gasteiger partial charge in [-0.15, -0.1) is 0 Å². The molecule has 2 N–H and O–H groups in total. The number of hydrogen-bond acceptors (Lipinski definition) is 3. The van der Waals surface area contributed by atoms with Crippen molar-refractivity contribution >= 4 is 34.6 Å². The molecular formula is C14H19IN2O3. The number of halogens is 1. The fourth-order valence-corrected chi connectivity index (χ4v) is 2.03. The second kappa shape index (κ2) is 7.47. The predicted molar refractivity (Wildman–Crippen MR) is 85.7 cm³/mol. The van der Waals surface area contributed by atoms with Gasteiger partial charge in [-0.25, -0.2) is 4.79 Å². The van der Waals surface area contributed by atoms with Crippen molar-refractivity contribution in [1.29, 1.82) is 0 Å². The van der Waals surface area contributed by atoms with Crippen LogP contribution in [0.1, 0.15) is 31.1 Å². The molecule has 0 aliphatic heterocycles. The number of amides is 2. The zero-order valence-electron chi connectivity index (χ0n) is 11.8. The van der Waals surface area contributed by atoms with Crippen molar-refractivity contribution in [1.82, 2.24) is 10.6 Å². The molecule has 1 rings (SSSR count). The molecule has 0 saturated carbocycles. The van der Waals surface area contributed by atoms with E-state index in [2.05, 4.69) is 33.2 Å². The molecule has 0 aliphatic rings. The van der Waals surface area contributed by atoms with Gasteiger partial charge >= 0.3 is 6.09 Å². The summed E-state index contributed by atoms with van der Waals surface area (Å²) in [6.07, 6.45) is -0.485. The summed E-state index contributed by atoms with van der Waals surface area (Å²) >= 11 is 2.11. The highest BCUT2D eigenvalue weighted by atomic mass is 127. The molecular weight excluding hydrogens is 371 g/mol. The molecule has 5 nitrogen and oxygen atoms in total. The lowest BCUT2D eigenvalue weighted by atomic mass is 10.2. The van der Waals surface area contributed by atoms with E-state index in [-0.39, 0.29) is 5.91 Å². The van der Waals surface area contributed by atoms with Crippen LogP contribution in [-0.2, 0) is 4.74 Å². The molecule has 0 aromatic heterocycles. The van der Waals surface area contributed by atoms with Crippen LogP contribution in [0.15, 0.2) is 24.3 Å². The van der Waals surface area contributed by atoms with E-state index in [9.17, 15) is 9.59 Å². The Balaban J connectivity index is 2.30. The van der Waals surface area contributed by atoms with Gasteiger partial charge in [0.15, 0.2) is 0 Å². The van der Waals surface area contributed by atoms with Crippen LogP contribution in [0, 0.1) is 3.57 Å². The molecule has 0 heterocycles. The first-order chi connectivity index (χ1) is 9.29. The summed E-state index contributed by atoms with van der Waals surface area (Å²) in [7, 11) is 0. The standard InChI is InChI=1S/C14H19IN2O3/c1-14(2,3)20-13(19)17-9-8-16-12(18)10-6-4-5-7-11(10)15/h4-7H,8-9H2,1-3H3,(H,16,18)(H,17,19). The number of hydrogen-bond donors (Lipinski definition) is 2. The molecule has 0 fully saturated rings. The lowest BCUT2D eigenvalue weighted by Crippen LogP contribution is -2.38. The van der Waals surface area contributed by atoms with Crippen LogP contribution >= 0.6 is 22.6 Å². The molecule has 0 saturated heterocycles. The molecule has 0 spiro atoms. The first-order valence-corrected chi connectivity index (χ1v) is 7.37. The minimum atomic E-state index is -0.520. The third-order valence-electron chi connectivity index (χ3n) is 2.20. The second-order valence-electron chi connectivity index (χ2n) is 5.16. The first kappa shape index (κ1) is 16.7. The Labute approximate surface area is 132 Å². The van der Waals surface area contributed by atoms with Crippen molar-refractivity contribution in [2.24, 2.45) is 0 Å². The molecule has 110 valence electrons. The van der Waals surface area contributed by atoms with E-state index in [1.165, 1.54) is 0 Å². The van der Waals surface area contributed by atoms with Gasteiger partial charge in [-0.05, 0) is 55.5 Å². The van der Waals surface area contributed by atoms with Crippen LogP contribution in [0.3, 0.4) is 0 Å². The summed E-state index contributed by atoms with van der Waals surface area (Å²) in [6, 6.07) is 7.32. The normalized spacial score (nSPS) is 10.8. The highest BCUT2D eigenvalue weighted by Gasteiger charge is 2.15. The average molecular weight is 390 g/mol. The summed E-state index contributed by atoms with van der Waals surface area (Å²) in [6.45, 7) is 6.07. The number of benzene rings is 1. The Hall–Kier alpha value is -1.31. The summed E-state index contributed by atoms with van der Waals surface area (Å²) < 4.78 is 5.98. The molecule has 0 atom stereocenters. The Bertz CT molecular complexity index is 484. The first-order valence-electron chi connectivity index (χ1n) is 6.29. The smallest absolute Gasteiger partial charge is 0.407 e. The third kappa shape index (κ3) is 6.23. The maximum absolute atomic E-state index is 11.9. The van der Waals surface area contributed by atoms with Gasteiger partial charge in [-0.1, -0.05) is 12.1 Å². The molecule has 20 heavy (non-hydrogen) atoms. The van der Waals surface area contributed by atoms with Crippen molar-refractivity contribution in [2.45, 2.75) is 26.4 Å². The summed E-state index contributed by atoms with van der Waals surface area (Å²) in [5.74, 6) is -0.152. The molecule has 1 aromatic carbocycles. The quantitative estimate of drug-likeness (QED) is 0.614. The second-order valence-corrected chi connectivity index (χ2v) is 6.33. The van der Waals surface area contributed by atoms with E-state index in [0.717, 1.165) is 3.57 Å². The zero-order chi connectivity index (χ0) is 15.2. The average Bonchev–Trinajstić information content (AvgIpc) is 2.33. The van der Waals surface area contributed by atoms with Crippen LogP contribution in [-0.4, -0.2) is 30.7 Å². The minimum absolute atomic E-state index is 0.152. The van der Waals surface area contributed by atoms with Crippen molar-refractivity contribution in [3.63, 3.8) is 0 Å². The fraction of sp³-hybridized carbons (Fsp3) is 0.429. The fourth-order valence-electron chi connectivity index (χ4n) is 1.40. The lowest BCUT2D eigenvalue weighted by Gasteiger charge is -2.19. The van der Waals surface area contributed by atoms with Gasteiger partial charge in [0.05, 0.1) is 5.56 Å². The lowest BCUT2D eigenvalue weighted by molar-refractivity contribution is 0.0526. The molecule has 0 aliphatic carbocycles. The molecule has 0 bridgehead atoms. The van der Waals surface area contributed by atoms with Gasteiger partial charge in [0, 0.05) is 16.7 Å². The molecule has 0 radical (unpaired) electrons. The number of carbonyl (C=O) groups is 2. The van der Waals surface area contributed by atoms with E-state index >= 15 is 0 Å². The van der Waals surface area contributed by atoms with Crippen molar-refractivity contribution in [2.75, 3.05) is 13.1 Å².